The SMILES string of the molecule is COc1ccccc1OCCNC[C@@H](O)COC(C)(C)C(C)=O. The van der Waals surface area contributed by atoms with E-state index in [1.807, 2.05) is 24.3 Å². The molecule has 0 aliphatic carbocycles. The number of benzene rings is 1. The van der Waals surface area contributed by atoms with Crippen molar-refractivity contribution in [3.05, 3.63) is 24.3 Å². The minimum absolute atomic E-state index is 0.0668. The van der Waals surface area contributed by atoms with Crippen LogP contribution in [-0.2, 0) is 9.53 Å². The molecular weight excluding hydrogens is 298 g/mol. The second kappa shape index (κ2) is 9.50. The highest BCUT2D eigenvalue weighted by Gasteiger charge is 2.25. The lowest BCUT2D eigenvalue weighted by molar-refractivity contribution is -0.141. The number of hydrogen-bond donors (Lipinski definition) is 2. The van der Waals surface area contributed by atoms with Crippen LogP contribution in [0.25, 0.3) is 0 Å². The van der Waals surface area contributed by atoms with Crippen molar-refractivity contribution in [2.45, 2.75) is 32.5 Å². The molecule has 0 aromatic heterocycles. The summed E-state index contributed by atoms with van der Waals surface area (Å²) in [6.07, 6.45) is -0.681. The number of nitrogens with one attached hydrogen (secondary N) is 1. The van der Waals surface area contributed by atoms with Gasteiger partial charge in [0, 0.05) is 13.1 Å². The third-order valence-corrected chi connectivity index (χ3v) is 3.47. The smallest absolute Gasteiger partial charge is 0.161 e. The van der Waals surface area contributed by atoms with Gasteiger partial charge in [0.15, 0.2) is 17.3 Å². The van der Waals surface area contributed by atoms with Gasteiger partial charge >= 0.3 is 0 Å². The van der Waals surface area contributed by atoms with Crippen molar-refractivity contribution in [3.8, 4) is 11.5 Å². The number of rotatable bonds is 11. The van der Waals surface area contributed by atoms with Crippen molar-refractivity contribution in [3.63, 3.8) is 0 Å². The summed E-state index contributed by atoms with van der Waals surface area (Å²) < 4.78 is 16.2. The third-order valence-electron chi connectivity index (χ3n) is 3.47. The Balaban J connectivity index is 2.18. The van der Waals surface area contributed by atoms with Gasteiger partial charge in [-0.15, -0.1) is 0 Å². The van der Waals surface area contributed by atoms with Gasteiger partial charge in [-0.3, -0.25) is 4.79 Å². The van der Waals surface area contributed by atoms with Crippen molar-refractivity contribution < 1.29 is 24.1 Å². The molecule has 0 spiro atoms. The van der Waals surface area contributed by atoms with Crippen LogP contribution >= 0.6 is 0 Å². The molecule has 6 nitrogen and oxygen atoms in total. The van der Waals surface area contributed by atoms with Crippen LogP contribution in [0.2, 0.25) is 0 Å². The third kappa shape index (κ3) is 6.99. The zero-order valence-electron chi connectivity index (χ0n) is 14.3. The van der Waals surface area contributed by atoms with Crippen LogP contribution in [-0.4, -0.2) is 56.0 Å². The van der Waals surface area contributed by atoms with Gasteiger partial charge in [-0.05, 0) is 32.9 Å². The van der Waals surface area contributed by atoms with Crippen LogP contribution in [0.1, 0.15) is 20.8 Å². The van der Waals surface area contributed by atoms with Gasteiger partial charge in [0.25, 0.3) is 0 Å². The molecule has 0 heterocycles. The fourth-order valence-electron chi connectivity index (χ4n) is 1.70. The van der Waals surface area contributed by atoms with Gasteiger partial charge < -0.3 is 24.6 Å². The lowest BCUT2D eigenvalue weighted by atomic mass is 10.1. The van der Waals surface area contributed by atoms with Gasteiger partial charge in [-0.2, -0.15) is 0 Å². The number of aliphatic hydroxyl groups is 1. The molecule has 23 heavy (non-hydrogen) atoms. The molecule has 130 valence electrons. The van der Waals surface area contributed by atoms with Crippen LogP contribution in [0.4, 0.5) is 0 Å². The lowest BCUT2D eigenvalue weighted by Gasteiger charge is -2.24. The predicted octanol–water partition coefficient (Wildman–Crippen LogP) is 1.41. The number of Topliss-reactive ketones (excluding diaryl/α,β-unsaturated/α-hetero) is 1. The van der Waals surface area contributed by atoms with Gasteiger partial charge in [-0.1, -0.05) is 12.1 Å². The summed E-state index contributed by atoms with van der Waals surface area (Å²) in [5.41, 5.74) is -0.867. The summed E-state index contributed by atoms with van der Waals surface area (Å²) in [5.74, 6) is 1.30. The van der Waals surface area contributed by atoms with E-state index in [0.717, 1.165) is 0 Å². The molecule has 6 heteroatoms. The Labute approximate surface area is 137 Å². The summed E-state index contributed by atoms with van der Waals surface area (Å²) in [4.78, 5) is 11.3. The van der Waals surface area contributed by atoms with Gasteiger partial charge in [-0.25, -0.2) is 0 Å². The molecule has 1 atom stereocenters. The maximum atomic E-state index is 11.3. The Bertz CT molecular complexity index is 490. The Morgan fingerprint density at radius 1 is 1.30 bits per heavy atom. The topological polar surface area (TPSA) is 77.0 Å². The summed E-state index contributed by atoms with van der Waals surface area (Å²) in [5, 5.41) is 12.9. The first-order chi connectivity index (χ1) is 10.9. The zero-order valence-corrected chi connectivity index (χ0v) is 14.3. The van der Waals surface area contributed by atoms with Gasteiger partial charge in [0.2, 0.25) is 0 Å². The molecule has 1 aromatic rings. The van der Waals surface area contributed by atoms with Crippen molar-refractivity contribution in [2.24, 2.45) is 0 Å². The van der Waals surface area contributed by atoms with E-state index in [1.54, 1.807) is 21.0 Å². The maximum Gasteiger partial charge on any atom is 0.161 e. The predicted molar refractivity (Wildman–Crippen MR) is 88.1 cm³/mol. The molecular formula is C17H27NO5. The molecule has 0 unspecified atom stereocenters. The van der Waals surface area contributed by atoms with E-state index in [0.29, 0.717) is 31.2 Å². The standard InChI is InChI=1S/C17H27NO5/c1-13(19)17(2,3)23-12-14(20)11-18-9-10-22-16-8-6-5-7-15(16)21-4/h5-8,14,18,20H,9-12H2,1-4H3/t14-/m1/s1. The second-order valence-corrected chi connectivity index (χ2v) is 5.73. The molecule has 0 aliphatic rings. The molecule has 0 saturated carbocycles. The monoisotopic (exact) mass is 325 g/mol. The van der Waals surface area contributed by atoms with E-state index in [4.69, 9.17) is 14.2 Å². The van der Waals surface area contributed by atoms with Crippen molar-refractivity contribution in [1.82, 2.24) is 5.32 Å². The number of carbonyl (C=O) groups is 1. The van der Waals surface area contributed by atoms with Crippen LogP contribution in [0, 0.1) is 0 Å². The van der Waals surface area contributed by atoms with E-state index >= 15 is 0 Å². The van der Waals surface area contributed by atoms with Crippen LogP contribution < -0.4 is 14.8 Å². The molecule has 1 rings (SSSR count). The Kier molecular flexibility index (Phi) is 8.02. The Hall–Kier alpha value is -1.63. The molecule has 2 N–H and O–H groups in total. The molecule has 0 saturated heterocycles. The largest absolute Gasteiger partial charge is 0.493 e. The first-order valence-corrected chi connectivity index (χ1v) is 7.66. The fraction of sp³-hybridized carbons (Fsp3) is 0.588. The first-order valence-electron chi connectivity index (χ1n) is 7.66. The van der Waals surface area contributed by atoms with E-state index in [9.17, 15) is 9.90 Å². The Morgan fingerprint density at radius 2 is 1.96 bits per heavy atom. The Morgan fingerprint density at radius 3 is 2.57 bits per heavy atom. The highest BCUT2D eigenvalue weighted by atomic mass is 16.5. The quantitative estimate of drug-likeness (QED) is 0.599. The summed E-state index contributed by atoms with van der Waals surface area (Å²) in [7, 11) is 1.60. The number of hydrogen-bond acceptors (Lipinski definition) is 6. The minimum Gasteiger partial charge on any atom is -0.493 e. The maximum absolute atomic E-state index is 11.3. The number of para-hydroxylation sites is 2. The second-order valence-electron chi connectivity index (χ2n) is 5.73. The van der Waals surface area contributed by atoms with E-state index < -0.39 is 11.7 Å². The first kappa shape index (κ1) is 19.4. The number of aliphatic hydroxyl groups excluding tert-OH is 1. The average molecular weight is 325 g/mol. The number of carbonyl (C=O) groups excluding carboxylic acids is 1. The number of methoxy groups -OCH3 is 1. The molecule has 0 aliphatic heterocycles. The van der Waals surface area contributed by atoms with Crippen molar-refractivity contribution >= 4 is 5.78 Å². The van der Waals surface area contributed by atoms with E-state index in [2.05, 4.69) is 5.32 Å². The highest BCUT2D eigenvalue weighted by molar-refractivity contribution is 5.83. The van der Waals surface area contributed by atoms with Crippen LogP contribution in [0.5, 0.6) is 11.5 Å². The normalized spacial score (nSPS) is 12.7. The number of ketones is 1. The van der Waals surface area contributed by atoms with Gasteiger partial charge in [0.1, 0.15) is 12.2 Å². The summed E-state index contributed by atoms with van der Waals surface area (Å²) in [6, 6.07) is 7.43. The van der Waals surface area contributed by atoms with E-state index in [-0.39, 0.29) is 12.4 Å². The van der Waals surface area contributed by atoms with Crippen LogP contribution in [0.3, 0.4) is 0 Å². The fourth-order valence-corrected chi connectivity index (χ4v) is 1.70. The molecule has 1 aromatic carbocycles. The molecule has 0 fully saturated rings. The zero-order chi connectivity index (χ0) is 17.3. The van der Waals surface area contributed by atoms with Gasteiger partial charge in [0.05, 0.1) is 19.8 Å². The highest BCUT2D eigenvalue weighted by Crippen LogP contribution is 2.25. The van der Waals surface area contributed by atoms with Crippen molar-refractivity contribution in [1.29, 1.82) is 0 Å². The molecule has 0 bridgehead atoms. The van der Waals surface area contributed by atoms with Crippen molar-refractivity contribution in [2.75, 3.05) is 33.4 Å². The van der Waals surface area contributed by atoms with E-state index in [1.165, 1.54) is 6.92 Å². The molecule has 0 radical (unpaired) electrons. The summed E-state index contributed by atoms with van der Waals surface area (Å²) in [6.45, 7) is 6.35. The number of ether oxygens (including phenoxy) is 3. The van der Waals surface area contributed by atoms with Crippen LogP contribution in [0.15, 0.2) is 24.3 Å². The lowest BCUT2D eigenvalue weighted by Crippen LogP contribution is -2.39. The average Bonchev–Trinajstić information content (AvgIpc) is 2.53. The minimum atomic E-state index is -0.867. The molecule has 0 amide bonds. The summed E-state index contributed by atoms with van der Waals surface area (Å²) >= 11 is 0.